The van der Waals surface area contributed by atoms with Crippen LogP contribution in [0.2, 0.25) is 0 Å². The number of carbonyl (C=O) groups excluding carboxylic acids is 1. The molecule has 0 spiro atoms. The molecule has 0 amide bonds. The molecule has 1 N–H and O–H groups in total. The zero-order valence-corrected chi connectivity index (χ0v) is 7.93. The molecule has 0 unspecified atom stereocenters. The summed E-state index contributed by atoms with van der Waals surface area (Å²) in [6.45, 7) is 1.95. The zero-order valence-electron chi connectivity index (χ0n) is 7.93. The van der Waals surface area contributed by atoms with Gasteiger partial charge in [-0.2, -0.15) is 0 Å². The number of oxime groups is 1. The molecular formula is C8H13NO5. The Kier molecular flexibility index (Phi) is 7.12. The second-order valence-corrected chi connectivity index (χ2v) is 2.42. The largest absolute Gasteiger partial charge is 0.477 e. The van der Waals surface area contributed by atoms with Crippen LogP contribution in [0.4, 0.5) is 0 Å². The summed E-state index contributed by atoms with van der Waals surface area (Å²) in [4.78, 5) is 25.1. The van der Waals surface area contributed by atoms with Gasteiger partial charge in [0.1, 0.15) is 0 Å². The fraction of sp³-hybridized carbons (Fsp3) is 0.625. The summed E-state index contributed by atoms with van der Waals surface area (Å²) in [5.41, 5.74) is 0. The molecule has 0 radical (unpaired) electrons. The number of carboxylic acid groups (broad SMARTS) is 1. The minimum atomic E-state index is -1.23. The van der Waals surface area contributed by atoms with Crippen LogP contribution < -0.4 is 0 Å². The van der Waals surface area contributed by atoms with E-state index in [0.717, 1.165) is 12.8 Å². The lowest BCUT2D eigenvalue weighted by molar-refractivity contribution is -0.149. The molecule has 0 aliphatic carbocycles. The highest BCUT2D eigenvalue weighted by atomic mass is 16.7. The number of rotatable bonds is 7. The number of ether oxygens (including phenoxy) is 1. The Morgan fingerprint density at radius 2 is 2.21 bits per heavy atom. The van der Waals surface area contributed by atoms with Crippen LogP contribution in [0.15, 0.2) is 5.16 Å². The molecule has 0 saturated heterocycles. The van der Waals surface area contributed by atoms with E-state index in [0.29, 0.717) is 12.8 Å². The third kappa shape index (κ3) is 8.51. The van der Waals surface area contributed by atoms with Crippen molar-refractivity contribution in [2.75, 3.05) is 13.2 Å². The molecule has 0 aliphatic heterocycles. The molecule has 0 fully saturated rings. The van der Waals surface area contributed by atoms with Crippen LogP contribution in [0.25, 0.3) is 0 Å². The van der Waals surface area contributed by atoms with Crippen molar-refractivity contribution in [3.05, 3.63) is 0 Å². The number of hydrogen-bond acceptors (Lipinski definition) is 5. The summed E-state index contributed by atoms with van der Waals surface area (Å²) < 4.78 is 4.70. The van der Waals surface area contributed by atoms with Crippen molar-refractivity contribution in [2.24, 2.45) is 5.16 Å². The van der Waals surface area contributed by atoms with Crippen LogP contribution >= 0.6 is 0 Å². The highest BCUT2D eigenvalue weighted by molar-refractivity contribution is 6.21. The first-order chi connectivity index (χ1) is 6.66. The number of unbranched alkanes of at least 4 members (excludes halogenated alkanes) is 1. The Hall–Kier alpha value is -1.59. The Bertz CT molecular complexity index is 214. The van der Waals surface area contributed by atoms with E-state index >= 15 is 0 Å². The van der Waals surface area contributed by atoms with Crippen LogP contribution in [0, 0.1) is 0 Å². The summed E-state index contributed by atoms with van der Waals surface area (Å²) in [6, 6.07) is 0. The maximum atomic E-state index is 10.8. The Morgan fingerprint density at radius 1 is 1.50 bits per heavy atom. The lowest BCUT2D eigenvalue weighted by atomic mass is 10.4. The van der Waals surface area contributed by atoms with Gasteiger partial charge in [0, 0.05) is 0 Å². The van der Waals surface area contributed by atoms with Crippen molar-refractivity contribution in [1.29, 1.82) is 0 Å². The van der Waals surface area contributed by atoms with E-state index in [-0.39, 0.29) is 6.61 Å². The molecular weight excluding hydrogens is 190 g/mol. The van der Waals surface area contributed by atoms with E-state index in [1.165, 1.54) is 0 Å². The van der Waals surface area contributed by atoms with Gasteiger partial charge >= 0.3 is 11.9 Å². The normalized spacial score (nSPS) is 10.1. The van der Waals surface area contributed by atoms with Crippen LogP contribution in [0.5, 0.6) is 0 Å². The third-order valence-corrected chi connectivity index (χ3v) is 1.18. The van der Waals surface area contributed by atoms with Crippen molar-refractivity contribution in [2.45, 2.75) is 19.8 Å². The standard InChI is InChI=1S/C8H13NO5/c1-2-3-4-13-8(12)6-14-9-5-7(10)11/h5H,2-4,6H2,1H3,(H,10,11). The first-order valence-corrected chi connectivity index (χ1v) is 4.20. The summed E-state index contributed by atoms with van der Waals surface area (Å²) >= 11 is 0. The van der Waals surface area contributed by atoms with Gasteiger partial charge in [0.2, 0.25) is 6.61 Å². The summed E-state index contributed by atoms with van der Waals surface area (Å²) in [7, 11) is 0. The molecule has 0 aromatic carbocycles. The molecule has 0 aromatic rings. The van der Waals surface area contributed by atoms with Gasteiger partial charge in [-0.1, -0.05) is 18.5 Å². The molecule has 0 saturated carbocycles. The number of carbonyl (C=O) groups is 2. The molecule has 14 heavy (non-hydrogen) atoms. The van der Waals surface area contributed by atoms with Crippen LogP contribution in [-0.2, 0) is 19.2 Å². The van der Waals surface area contributed by atoms with Gasteiger partial charge in [0.05, 0.1) is 6.61 Å². The SMILES string of the molecule is CCCCOC(=O)CON=CC(=O)O. The fourth-order valence-electron chi connectivity index (χ4n) is 0.544. The van der Waals surface area contributed by atoms with E-state index in [1.807, 2.05) is 6.92 Å². The molecule has 80 valence electrons. The van der Waals surface area contributed by atoms with Crippen LogP contribution in [-0.4, -0.2) is 36.5 Å². The highest BCUT2D eigenvalue weighted by Gasteiger charge is 2.01. The minimum absolute atomic E-state index is 0.349. The smallest absolute Gasteiger partial charge is 0.350 e. The molecule has 0 aliphatic rings. The van der Waals surface area contributed by atoms with E-state index in [2.05, 4.69) is 9.99 Å². The van der Waals surface area contributed by atoms with Crippen molar-refractivity contribution in [1.82, 2.24) is 0 Å². The number of hydrogen-bond donors (Lipinski definition) is 1. The second-order valence-electron chi connectivity index (χ2n) is 2.42. The van der Waals surface area contributed by atoms with Gasteiger partial charge in [-0.15, -0.1) is 0 Å². The molecule has 0 bridgehead atoms. The monoisotopic (exact) mass is 203 g/mol. The maximum absolute atomic E-state index is 10.8. The first kappa shape index (κ1) is 12.4. The summed E-state index contributed by atoms with van der Waals surface area (Å²) in [5, 5.41) is 11.1. The molecule has 6 nitrogen and oxygen atoms in total. The zero-order chi connectivity index (χ0) is 10.8. The molecule has 0 rings (SSSR count). The molecule has 0 atom stereocenters. The summed E-state index contributed by atoms with van der Waals surface area (Å²) in [6.07, 6.45) is 2.29. The fourth-order valence-corrected chi connectivity index (χ4v) is 0.544. The number of esters is 1. The average Bonchev–Trinajstić information content (AvgIpc) is 2.13. The van der Waals surface area contributed by atoms with E-state index in [4.69, 9.17) is 9.84 Å². The van der Waals surface area contributed by atoms with Gasteiger partial charge in [-0.05, 0) is 6.42 Å². The van der Waals surface area contributed by atoms with E-state index in [9.17, 15) is 9.59 Å². The Balaban J connectivity index is 3.40. The number of nitrogens with zero attached hydrogens (tertiary/aromatic N) is 1. The van der Waals surface area contributed by atoms with Crippen molar-refractivity contribution in [3.8, 4) is 0 Å². The molecule has 0 aromatic heterocycles. The molecule has 0 heterocycles. The van der Waals surface area contributed by atoms with E-state index < -0.39 is 11.9 Å². The van der Waals surface area contributed by atoms with Crippen molar-refractivity contribution < 1.29 is 24.3 Å². The van der Waals surface area contributed by atoms with Crippen molar-refractivity contribution in [3.63, 3.8) is 0 Å². The average molecular weight is 203 g/mol. The van der Waals surface area contributed by atoms with E-state index in [1.54, 1.807) is 0 Å². The lowest BCUT2D eigenvalue weighted by Gasteiger charge is -2.01. The predicted octanol–water partition coefficient (Wildman–Crippen LogP) is 0.417. The lowest BCUT2D eigenvalue weighted by Crippen LogP contribution is -2.12. The first-order valence-electron chi connectivity index (χ1n) is 4.20. The topological polar surface area (TPSA) is 85.2 Å². The van der Waals surface area contributed by atoms with Crippen LogP contribution in [0.1, 0.15) is 19.8 Å². The quantitative estimate of drug-likeness (QED) is 0.280. The second kappa shape index (κ2) is 8.03. The maximum Gasteiger partial charge on any atom is 0.350 e. The van der Waals surface area contributed by atoms with Crippen molar-refractivity contribution >= 4 is 18.2 Å². The highest BCUT2D eigenvalue weighted by Crippen LogP contribution is 1.89. The Morgan fingerprint density at radius 3 is 2.79 bits per heavy atom. The van der Waals surface area contributed by atoms with Gasteiger partial charge in [0.15, 0.2) is 6.21 Å². The van der Waals surface area contributed by atoms with Gasteiger partial charge in [0.25, 0.3) is 0 Å². The number of carboxylic acids is 1. The molecule has 6 heteroatoms. The minimum Gasteiger partial charge on any atom is -0.477 e. The van der Waals surface area contributed by atoms with Gasteiger partial charge < -0.3 is 14.7 Å². The number of aliphatic carboxylic acids is 1. The Labute approximate surface area is 81.5 Å². The van der Waals surface area contributed by atoms with Gasteiger partial charge in [-0.3, -0.25) is 0 Å². The van der Waals surface area contributed by atoms with Gasteiger partial charge in [-0.25, -0.2) is 9.59 Å². The predicted molar refractivity (Wildman–Crippen MR) is 47.9 cm³/mol. The van der Waals surface area contributed by atoms with Crippen LogP contribution in [0.3, 0.4) is 0 Å². The third-order valence-electron chi connectivity index (χ3n) is 1.18. The summed E-state index contributed by atoms with van der Waals surface area (Å²) in [5.74, 6) is -1.79.